The van der Waals surface area contributed by atoms with Crippen LogP contribution in [-0.4, -0.2) is 64.5 Å². The molecule has 2 rings (SSSR count). The Hall–Kier alpha value is -2.24. The zero-order valence-electron chi connectivity index (χ0n) is 15.7. The molecule has 1 amide bonds. The molecule has 0 aliphatic carbocycles. The number of amides is 1. The predicted octanol–water partition coefficient (Wildman–Crippen LogP) is 1.11. The molecule has 1 saturated heterocycles. The van der Waals surface area contributed by atoms with Crippen molar-refractivity contribution in [3.05, 3.63) is 28.3 Å². The van der Waals surface area contributed by atoms with E-state index >= 15 is 0 Å². The first-order chi connectivity index (χ1) is 13.3. The van der Waals surface area contributed by atoms with E-state index in [-0.39, 0.29) is 47.8 Å². The maximum atomic E-state index is 11.8. The van der Waals surface area contributed by atoms with Crippen LogP contribution in [0.1, 0.15) is 19.3 Å². The molecule has 28 heavy (non-hydrogen) atoms. The average molecular weight is 415 g/mol. The second-order valence-electron chi connectivity index (χ2n) is 6.44. The number of hydrogen-bond donors (Lipinski definition) is 2. The molecule has 1 aromatic rings. The minimum Gasteiger partial charge on any atom is -0.378 e. The highest BCUT2D eigenvalue weighted by Gasteiger charge is 2.18. The minimum atomic E-state index is -3.54. The van der Waals surface area contributed by atoms with Crippen LogP contribution in [0.4, 0.5) is 11.4 Å². The minimum absolute atomic E-state index is 0.122. The number of nitro benzene ring substituents is 1. The molecule has 0 radical (unpaired) electrons. The Balaban J connectivity index is 1.70. The van der Waals surface area contributed by atoms with Crippen LogP contribution in [0.15, 0.2) is 23.1 Å². The molecule has 1 unspecified atom stereocenters. The summed E-state index contributed by atoms with van der Waals surface area (Å²) in [5, 5.41) is 16.7. The van der Waals surface area contributed by atoms with E-state index in [1.54, 1.807) is 0 Å². The lowest BCUT2D eigenvalue weighted by atomic mass is 10.2. The van der Waals surface area contributed by atoms with Gasteiger partial charge in [0.25, 0.3) is 5.69 Å². The van der Waals surface area contributed by atoms with E-state index in [0.717, 1.165) is 31.8 Å². The second kappa shape index (κ2) is 10.3. The van der Waals surface area contributed by atoms with Gasteiger partial charge in [0.15, 0.2) is 9.84 Å². The summed E-state index contributed by atoms with van der Waals surface area (Å²) in [7, 11) is -3.54. The average Bonchev–Trinajstić information content (AvgIpc) is 3.15. The largest absolute Gasteiger partial charge is 0.378 e. The summed E-state index contributed by atoms with van der Waals surface area (Å²) in [4.78, 5) is 22.1. The molecule has 1 fully saturated rings. The van der Waals surface area contributed by atoms with Gasteiger partial charge in [0.05, 0.1) is 29.1 Å². The first kappa shape index (κ1) is 22.1. The smallest absolute Gasteiger partial charge is 0.293 e. The lowest BCUT2D eigenvalue weighted by Gasteiger charge is -2.11. The first-order valence-corrected chi connectivity index (χ1v) is 10.8. The lowest BCUT2D eigenvalue weighted by Crippen LogP contribution is -2.29. The Labute approximate surface area is 163 Å². The van der Waals surface area contributed by atoms with Crippen molar-refractivity contribution in [1.82, 2.24) is 5.32 Å². The van der Waals surface area contributed by atoms with Crippen LogP contribution >= 0.6 is 0 Å². The first-order valence-electron chi connectivity index (χ1n) is 8.96. The number of hydrogen-bond acceptors (Lipinski definition) is 8. The van der Waals surface area contributed by atoms with Crippen molar-refractivity contribution < 1.29 is 27.6 Å². The van der Waals surface area contributed by atoms with Gasteiger partial charge in [-0.2, -0.15) is 0 Å². The van der Waals surface area contributed by atoms with Crippen molar-refractivity contribution in [1.29, 1.82) is 0 Å². The standard InChI is InChI=1S/C17H25N3O7S/c1-28(24,25)14-4-5-15(16(11-14)20(22)23)18-7-8-19-17(21)6-10-26-12-13-3-2-9-27-13/h4-5,11,13,18H,2-3,6-10,12H2,1H3,(H,19,21). The van der Waals surface area contributed by atoms with Crippen LogP contribution < -0.4 is 10.6 Å². The van der Waals surface area contributed by atoms with Crippen molar-refractivity contribution in [2.75, 3.05) is 44.5 Å². The van der Waals surface area contributed by atoms with Gasteiger partial charge in [0.2, 0.25) is 5.91 Å². The molecule has 0 bridgehead atoms. The van der Waals surface area contributed by atoms with Crippen molar-refractivity contribution in [3.8, 4) is 0 Å². The second-order valence-corrected chi connectivity index (χ2v) is 8.46. The Morgan fingerprint density at radius 1 is 1.39 bits per heavy atom. The van der Waals surface area contributed by atoms with E-state index in [2.05, 4.69) is 10.6 Å². The number of benzene rings is 1. The number of rotatable bonds is 11. The number of nitrogens with zero attached hydrogens (tertiary/aromatic N) is 1. The molecule has 10 nitrogen and oxygen atoms in total. The number of sulfone groups is 1. The Morgan fingerprint density at radius 3 is 2.82 bits per heavy atom. The van der Waals surface area contributed by atoms with Gasteiger partial charge in [-0.25, -0.2) is 8.42 Å². The molecule has 2 N–H and O–H groups in total. The molecule has 1 atom stereocenters. The molecular weight excluding hydrogens is 390 g/mol. The summed E-state index contributed by atoms with van der Waals surface area (Å²) < 4.78 is 33.9. The van der Waals surface area contributed by atoms with Gasteiger partial charge < -0.3 is 20.1 Å². The summed E-state index contributed by atoms with van der Waals surface area (Å²) in [6.07, 6.45) is 3.35. The van der Waals surface area contributed by atoms with Crippen molar-refractivity contribution in [2.45, 2.75) is 30.3 Å². The molecule has 11 heteroatoms. The number of carbonyl (C=O) groups is 1. The Bertz CT molecular complexity index is 792. The third kappa shape index (κ3) is 7.06. The van der Waals surface area contributed by atoms with Crippen LogP contribution in [-0.2, 0) is 24.1 Å². The van der Waals surface area contributed by atoms with Gasteiger partial charge in [-0.05, 0) is 25.0 Å². The molecule has 0 saturated carbocycles. The van der Waals surface area contributed by atoms with E-state index in [4.69, 9.17) is 9.47 Å². The van der Waals surface area contributed by atoms with Gasteiger partial charge in [0, 0.05) is 38.4 Å². The molecule has 1 aliphatic heterocycles. The fourth-order valence-corrected chi connectivity index (χ4v) is 3.33. The topological polar surface area (TPSA) is 137 Å². The molecular formula is C17H25N3O7S. The quantitative estimate of drug-likeness (QED) is 0.311. The van der Waals surface area contributed by atoms with Crippen LogP contribution in [0.3, 0.4) is 0 Å². The monoisotopic (exact) mass is 415 g/mol. The Morgan fingerprint density at radius 2 is 2.18 bits per heavy atom. The van der Waals surface area contributed by atoms with Gasteiger partial charge in [-0.1, -0.05) is 0 Å². The number of nitrogens with one attached hydrogen (secondary N) is 2. The zero-order chi connectivity index (χ0) is 20.6. The summed E-state index contributed by atoms with van der Waals surface area (Å²) in [6, 6.07) is 3.66. The van der Waals surface area contributed by atoms with Crippen LogP contribution in [0.25, 0.3) is 0 Å². The SMILES string of the molecule is CS(=O)(=O)c1ccc(NCCNC(=O)CCOCC2CCCO2)c([N+](=O)[O-])c1. The summed E-state index contributed by atoms with van der Waals surface area (Å²) in [6.45, 7) is 2.06. The Kier molecular flexibility index (Phi) is 8.15. The molecule has 1 aliphatic rings. The number of nitro groups is 1. The molecule has 1 heterocycles. The fourth-order valence-electron chi connectivity index (χ4n) is 2.69. The number of ether oxygens (including phenoxy) is 2. The normalized spacial score (nSPS) is 16.7. The van der Waals surface area contributed by atoms with Crippen molar-refractivity contribution >= 4 is 27.1 Å². The van der Waals surface area contributed by atoms with E-state index in [9.17, 15) is 23.3 Å². The highest BCUT2D eigenvalue weighted by Crippen LogP contribution is 2.27. The van der Waals surface area contributed by atoms with Crippen molar-refractivity contribution in [3.63, 3.8) is 0 Å². The summed E-state index contributed by atoms with van der Waals surface area (Å²) in [5.74, 6) is -0.184. The molecule has 0 aromatic heterocycles. The molecule has 0 spiro atoms. The van der Waals surface area contributed by atoms with E-state index in [1.165, 1.54) is 12.1 Å². The maximum absolute atomic E-state index is 11.8. The summed E-state index contributed by atoms with van der Waals surface area (Å²) >= 11 is 0. The third-order valence-corrected chi connectivity index (χ3v) is 5.27. The van der Waals surface area contributed by atoms with Gasteiger partial charge in [-0.15, -0.1) is 0 Å². The lowest BCUT2D eigenvalue weighted by molar-refractivity contribution is -0.384. The fraction of sp³-hybridized carbons (Fsp3) is 0.588. The van der Waals surface area contributed by atoms with Crippen LogP contribution in [0, 0.1) is 10.1 Å². The van der Waals surface area contributed by atoms with Gasteiger partial charge >= 0.3 is 0 Å². The van der Waals surface area contributed by atoms with Crippen LogP contribution in [0.5, 0.6) is 0 Å². The summed E-state index contributed by atoms with van der Waals surface area (Å²) in [5.41, 5.74) is -0.150. The third-order valence-electron chi connectivity index (χ3n) is 4.16. The molecule has 156 valence electrons. The van der Waals surface area contributed by atoms with E-state index in [1.807, 2.05) is 0 Å². The van der Waals surface area contributed by atoms with Gasteiger partial charge in [0.1, 0.15) is 5.69 Å². The maximum Gasteiger partial charge on any atom is 0.293 e. The number of anilines is 1. The van der Waals surface area contributed by atoms with Gasteiger partial charge in [-0.3, -0.25) is 14.9 Å². The van der Waals surface area contributed by atoms with Crippen molar-refractivity contribution in [2.24, 2.45) is 0 Å². The highest BCUT2D eigenvalue weighted by atomic mass is 32.2. The highest BCUT2D eigenvalue weighted by molar-refractivity contribution is 7.90. The number of carbonyl (C=O) groups excluding carboxylic acids is 1. The van der Waals surface area contributed by atoms with E-state index < -0.39 is 14.8 Å². The zero-order valence-corrected chi connectivity index (χ0v) is 16.5. The molecule has 1 aromatic carbocycles. The van der Waals surface area contributed by atoms with Crippen LogP contribution in [0.2, 0.25) is 0 Å². The van der Waals surface area contributed by atoms with E-state index in [0.29, 0.717) is 13.2 Å². The predicted molar refractivity (Wildman–Crippen MR) is 102 cm³/mol.